The van der Waals surface area contributed by atoms with Crippen molar-refractivity contribution in [3.8, 4) is 0 Å². The second-order valence-electron chi connectivity index (χ2n) is 5.50. The second-order valence-corrected chi connectivity index (χ2v) is 5.50. The SMILES string of the molecule is CC1(NCC(C)(N)c2ccccc2)CCOC1. The van der Waals surface area contributed by atoms with E-state index in [1.54, 1.807) is 0 Å². The highest BCUT2D eigenvalue weighted by atomic mass is 16.5. The predicted molar refractivity (Wildman–Crippen MR) is 69.8 cm³/mol. The average molecular weight is 234 g/mol. The minimum absolute atomic E-state index is 0.0788. The van der Waals surface area contributed by atoms with Crippen molar-refractivity contribution >= 4 is 0 Å². The van der Waals surface area contributed by atoms with Crippen molar-refractivity contribution < 1.29 is 4.74 Å². The van der Waals surface area contributed by atoms with Crippen LogP contribution in [0.25, 0.3) is 0 Å². The molecule has 1 heterocycles. The summed E-state index contributed by atoms with van der Waals surface area (Å²) in [6.45, 7) is 6.64. The van der Waals surface area contributed by atoms with Crippen LogP contribution >= 0.6 is 0 Å². The van der Waals surface area contributed by atoms with Gasteiger partial charge in [0.25, 0.3) is 0 Å². The topological polar surface area (TPSA) is 47.3 Å². The molecule has 1 aromatic rings. The van der Waals surface area contributed by atoms with Crippen LogP contribution in [0.2, 0.25) is 0 Å². The van der Waals surface area contributed by atoms with Gasteiger partial charge in [0, 0.05) is 18.7 Å². The molecule has 0 aliphatic carbocycles. The molecule has 0 spiro atoms. The Morgan fingerprint density at radius 3 is 2.71 bits per heavy atom. The summed E-state index contributed by atoms with van der Waals surface area (Å²) in [6.07, 6.45) is 1.05. The Labute approximate surface area is 103 Å². The van der Waals surface area contributed by atoms with E-state index in [9.17, 15) is 0 Å². The first kappa shape index (κ1) is 12.6. The number of nitrogens with two attached hydrogens (primary N) is 1. The minimum atomic E-state index is -0.340. The molecule has 0 amide bonds. The van der Waals surface area contributed by atoms with Gasteiger partial charge in [0.15, 0.2) is 0 Å². The van der Waals surface area contributed by atoms with Crippen molar-refractivity contribution in [3.63, 3.8) is 0 Å². The highest BCUT2D eigenvalue weighted by Gasteiger charge is 2.31. The molecule has 94 valence electrons. The summed E-state index contributed by atoms with van der Waals surface area (Å²) in [6, 6.07) is 10.2. The molecule has 0 saturated carbocycles. The highest BCUT2D eigenvalue weighted by Crippen LogP contribution is 2.21. The normalized spacial score (nSPS) is 27.9. The first-order chi connectivity index (χ1) is 8.02. The monoisotopic (exact) mass is 234 g/mol. The molecule has 3 heteroatoms. The quantitative estimate of drug-likeness (QED) is 0.832. The summed E-state index contributed by atoms with van der Waals surface area (Å²) >= 11 is 0. The van der Waals surface area contributed by atoms with Gasteiger partial charge in [-0.1, -0.05) is 30.3 Å². The van der Waals surface area contributed by atoms with Crippen LogP contribution in [-0.4, -0.2) is 25.3 Å². The molecule has 1 aliphatic heterocycles. The number of hydrogen-bond donors (Lipinski definition) is 2. The first-order valence-electron chi connectivity index (χ1n) is 6.19. The van der Waals surface area contributed by atoms with E-state index in [-0.39, 0.29) is 11.1 Å². The van der Waals surface area contributed by atoms with Crippen LogP contribution in [0.1, 0.15) is 25.8 Å². The Hall–Kier alpha value is -0.900. The second kappa shape index (κ2) is 4.77. The van der Waals surface area contributed by atoms with E-state index in [0.717, 1.165) is 31.7 Å². The van der Waals surface area contributed by atoms with E-state index in [1.165, 1.54) is 0 Å². The Bertz CT molecular complexity index is 356. The summed E-state index contributed by atoms with van der Waals surface area (Å²) in [5.74, 6) is 0. The molecule has 1 saturated heterocycles. The zero-order chi connectivity index (χ0) is 12.4. The molecule has 1 fully saturated rings. The first-order valence-corrected chi connectivity index (χ1v) is 6.19. The van der Waals surface area contributed by atoms with Crippen molar-refractivity contribution in [2.75, 3.05) is 19.8 Å². The fourth-order valence-corrected chi connectivity index (χ4v) is 2.12. The van der Waals surface area contributed by atoms with Gasteiger partial charge < -0.3 is 15.8 Å². The van der Waals surface area contributed by atoms with Crippen molar-refractivity contribution in [2.24, 2.45) is 5.73 Å². The van der Waals surface area contributed by atoms with Gasteiger partial charge in [-0.3, -0.25) is 0 Å². The summed E-state index contributed by atoms with van der Waals surface area (Å²) in [4.78, 5) is 0. The van der Waals surface area contributed by atoms with E-state index >= 15 is 0 Å². The lowest BCUT2D eigenvalue weighted by molar-refractivity contribution is 0.169. The summed E-state index contributed by atoms with van der Waals surface area (Å²) in [5.41, 5.74) is 7.27. The number of benzene rings is 1. The molecule has 3 N–H and O–H groups in total. The fraction of sp³-hybridized carbons (Fsp3) is 0.571. The van der Waals surface area contributed by atoms with Crippen LogP contribution in [0.5, 0.6) is 0 Å². The maximum atomic E-state index is 6.37. The number of rotatable bonds is 4. The number of nitrogens with one attached hydrogen (secondary N) is 1. The van der Waals surface area contributed by atoms with Crippen LogP contribution in [0.3, 0.4) is 0 Å². The van der Waals surface area contributed by atoms with Gasteiger partial charge in [-0.15, -0.1) is 0 Å². The lowest BCUT2D eigenvalue weighted by Gasteiger charge is -2.32. The molecule has 17 heavy (non-hydrogen) atoms. The summed E-state index contributed by atoms with van der Waals surface area (Å²) in [5, 5.41) is 3.55. The molecular weight excluding hydrogens is 212 g/mol. The molecule has 1 aliphatic rings. The van der Waals surface area contributed by atoms with Gasteiger partial charge in [-0.25, -0.2) is 0 Å². The molecule has 2 unspecified atom stereocenters. The van der Waals surface area contributed by atoms with E-state index in [1.807, 2.05) is 18.2 Å². The summed E-state index contributed by atoms with van der Waals surface area (Å²) in [7, 11) is 0. The standard InChI is InChI=1S/C14H22N2O/c1-13(8-9-17-11-13)16-10-14(2,15)12-6-4-3-5-7-12/h3-7,16H,8-11,15H2,1-2H3. The third kappa shape index (κ3) is 3.06. The van der Waals surface area contributed by atoms with E-state index in [2.05, 4.69) is 31.3 Å². The minimum Gasteiger partial charge on any atom is -0.379 e. The maximum Gasteiger partial charge on any atom is 0.0646 e. The molecule has 2 atom stereocenters. The average Bonchev–Trinajstić information content (AvgIpc) is 2.76. The Morgan fingerprint density at radius 1 is 1.41 bits per heavy atom. The third-order valence-electron chi connectivity index (χ3n) is 3.53. The zero-order valence-corrected chi connectivity index (χ0v) is 10.7. The van der Waals surface area contributed by atoms with Crippen LogP contribution in [0.4, 0.5) is 0 Å². The van der Waals surface area contributed by atoms with Crippen molar-refractivity contribution in [2.45, 2.75) is 31.3 Å². The molecule has 0 aromatic heterocycles. The molecule has 1 aromatic carbocycles. The van der Waals surface area contributed by atoms with Crippen LogP contribution in [0.15, 0.2) is 30.3 Å². The van der Waals surface area contributed by atoms with Gasteiger partial charge in [0.1, 0.15) is 0 Å². The number of ether oxygens (including phenoxy) is 1. The van der Waals surface area contributed by atoms with E-state index in [0.29, 0.717) is 0 Å². The van der Waals surface area contributed by atoms with Crippen molar-refractivity contribution in [1.29, 1.82) is 0 Å². The van der Waals surface area contributed by atoms with Gasteiger partial charge in [0.05, 0.1) is 12.1 Å². The number of hydrogen-bond acceptors (Lipinski definition) is 3. The Balaban J connectivity index is 1.98. The molecule has 3 nitrogen and oxygen atoms in total. The predicted octanol–water partition coefficient (Wildman–Crippen LogP) is 1.63. The van der Waals surface area contributed by atoms with Crippen LogP contribution in [0, 0.1) is 0 Å². The van der Waals surface area contributed by atoms with Crippen molar-refractivity contribution in [1.82, 2.24) is 5.32 Å². The Morgan fingerprint density at radius 2 is 2.12 bits per heavy atom. The third-order valence-corrected chi connectivity index (χ3v) is 3.53. The van der Waals surface area contributed by atoms with Gasteiger partial charge in [-0.05, 0) is 25.8 Å². The van der Waals surface area contributed by atoms with Gasteiger partial charge in [0.2, 0.25) is 0 Å². The van der Waals surface area contributed by atoms with E-state index in [4.69, 9.17) is 10.5 Å². The Kier molecular flexibility index (Phi) is 3.52. The van der Waals surface area contributed by atoms with Crippen LogP contribution in [-0.2, 0) is 10.3 Å². The largest absolute Gasteiger partial charge is 0.379 e. The van der Waals surface area contributed by atoms with Crippen molar-refractivity contribution in [3.05, 3.63) is 35.9 Å². The van der Waals surface area contributed by atoms with Crippen LogP contribution < -0.4 is 11.1 Å². The lowest BCUT2D eigenvalue weighted by atomic mass is 9.91. The van der Waals surface area contributed by atoms with Gasteiger partial charge >= 0.3 is 0 Å². The molecular formula is C14H22N2O. The lowest BCUT2D eigenvalue weighted by Crippen LogP contribution is -2.52. The van der Waals surface area contributed by atoms with E-state index < -0.39 is 0 Å². The fourth-order valence-electron chi connectivity index (χ4n) is 2.12. The highest BCUT2D eigenvalue weighted by molar-refractivity contribution is 5.23. The smallest absolute Gasteiger partial charge is 0.0646 e. The summed E-state index contributed by atoms with van der Waals surface area (Å²) < 4.78 is 5.43. The molecule has 2 rings (SSSR count). The van der Waals surface area contributed by atoms with Gasteiger partial charge in [-0.2, -0.15) is 0 Å². The molecule has 0 radical (unpaired) electrons. The molecule has 0 bridgehead atoms. The zero-order valence-electron chi connectivity index (χ0n) is 10.7. The maximum absolute atomic E-state index is 6.37.